The van der Waals surface area contributed by atoms with Crippen molar-refractivity contribution >= 4 is 0 Å². The molecule has 316 valence electrons. The molecule has 0 aromatic heterocycles. The van der Waals surface area contributed by atoms with Crippen LogP contribution in [0.4, 0.5) is 0 Å². The summed E-state index contributed by atoms with van der Waals surface area (Å²) >= 11 is 0. The van der Waals surface area contributed by atoms with Crippen LogP contribution in [0.15, 0.2) is 121 Å². The Hall–Kier alpha value is -3.60. The first-order valence-corrected chi connectivity index (χ1v) is 19.8. The molecule has 0 bridgehead atoms. The SMILES string of the molecule is CC1(C)OC[C@H]([C@@H](OCc2ccccc2)[C@H](OCc2ccccc2)[C@H]2COC(C)(C)O2)O1.OC[C@@H](O)[C@@H](OCc1ccccc1)[C@H](OCc1ccccc1)[C@H](O)CO. The summed E-state index contributed by atoms with van der Waals surface area (Å²) in [5.74, 6) is -1.34. The van der Waals surface area contributed by atoms with E-state index in [1.165, 1.54) is 0 Å². The predicted octanol–water partition coefficient (Wildman–Crippen LogP) is 5.32. The summed E-state index contributed by atoms with van der Waals surface area (Å²) in [6.45, 7) is 8.63. The number of rotatable bonds is 20. The van der Waals surface area contributed by atoms with E-state index in [0.29, 0.717) is 26.4 Å². The van der Waals surface area contributed by atoms with Crippen molar-refractivity contribution < 1.29 is 58.3 Å². The Kier molecular flexibility index (Phi) is 17.8. The van der Waals surface area contributed by atoms with Crippen LogP contribution in [0.2, 0.25) is 0 Å². The molecule has 6 rings (SSSR count). The summed E-state index contributed by atoms with van der Waals surface area (Å²) < 4.78 is 48.6. The molecule has 0 amide bonds. The summed E-state index contributed by atoms with van der Waals surface area (Å²) in [7, 11) is 0. The Labute approximate surface area is 342 Å². The van der Waals surface area contributed by atoms with E-state index in [-0.39, 0.29) is 25.4 Å². The lowest BCUT2D eigenvalue weighted by atomic mass is 10.0. The van der Waals surface area contributed by atoms with Crippen molar-refractivity contribution in [1.29, 1.82) is 0 Å². The molecule has 2 fully saturated rings. The maximum absolute atomic E-state index is 10.2. The van der Waals surface area contributed by atoms with Crippen LogP contribution in [0.1, 0.15) is 49.9 Å². The van der Waals surface area contributed by atoms with Gasteiger partial charge in [-0.25, -0.2) is 0 Å². The predicted molar refractivity (Wildman–Crippen MR) is 216 cm³/mol. The van der Waals surface area contributed by atoms with Crippen molar-refractivity contribution in [3.8, 4) is 0 Å². The van der Waals surface area contributed by atoms with Crippen LogP contribution < -0.4 is 0 Å². The van der Waals surface area contributed by atoms with E-state index in [0.717, 1.165) is 22.3 Å². The van der Waals surface area contributed by atoms with E-state index in [2.05, 4.69) is 0 Å². The highest BCUT2D eigenvalue weighted by Crippen LogP contribution is 2.33. The zero-order chi connectivity index (χ0) is 41.4. The molecule has 0 radical (unpaired) electrons. The molecule has 0 spiro atoms. The molecule has 12 heteroatoms. The third-order valence-electron chi connectivity index (χ3n) is 9.71. The molecule has 8 atom stereocenters. The second kappa shape index (κ2) is 22.7. The number of hydrogen-bond donors (Lipinski definition) is 4. The summed E-state index contributed by atoms with van der Waals surface area (Å²) in [6, 6.07) is 38.9. The van der Waals surface area contributed by atoms with E-state index < -0.39 is 61.4 Å². The second-order valence-corrected chi connectivity index (χ2v) is 15.3. The standard InChI is InChI=1S/C26H34O6.C20H26O6/c1-25(2)29-17-21(31-25)23(27-15-19-11-7-5-8-12-19)24(22-18-30-26(3,4)32-22)28-16-20-13-9-6-10-14-20;21-11-17(23)19(25-13-15-7-3-1-4-8-15)20(18(24)12-22)26-14-16-9-5-2-6-10-16/h5-14,21-24H,15-18H2,1-4H3;1-10,17-24H,11-14H2/t21-,22-,23-,24-;17-,18-,19-,20-/m11/s1. The van der Waals surface area contributed by atoms with Crippen LogP contribution in [0.25, 0.3) is 0 Å². The molecule has 2 aliphatic heterocycles. The topological polar surface area (TPSA) is 155 Å². The Morgan fingerprint density at radius 3 is 1.00 bits per heavy atom. The zero-order valence-corrected chi connectivity index (χ0v) is 33.9. The fourth-order valence-electron chi connectivity index (χ4n) is 6.71. The molecule has 0 unspecified atom stereocenters. The van der Waals surface area contributed by atoms with E-state index in [1.807, 2.05) is 149 Å². The number of aliphatic hydroxyl groups is 4. The van der Waals surface area contributed by atoms with Crippen molar-refractivity contribution in [2.45, 2.75) is 115 Å². The van der Waals surface area contributed by atoms with Gasteiger partial charge in [-0.1, -0.05) is 121 Å². The van der Waals surface area contributed by atoms with E-state index in [4.69, 9.17) is 37.9 Å². The highest BCUT2D eigenvalue weighted by molar-refractivity contribution is 5.16. The molecule has 2 aliphatic rings. The van der Waals surface area contributed by atoms with E-state index in [9.17, 15) is 20.4 Å². The van der Waals surface area contributed by atoms with Crippen molar-refractivity contribution in [1.82, 2.24) is 0 Å². The minimum Gasteiger partial charge on any atom is -0.394 e. The Morgan fingerprint density at radius 1 is 0.483 bits per heavy atom. The molecule has 58 heavy (non-hydrogen) atoms. The van der Waals surface area contributed by atoms with Crippen LogP contribution >= 0.6 is 0 Å². The number of aliphatic hydroxyl groups excluding tert-OH is 4. The molecule has 4 aromatic rings. The van der Waals surface area contributed by atoms with Gasteiger partial charge in [-0.2, -0.15) is 0 Å². The average molecular weight is 805 g/mol. The third kappa shape index (κ3) is 14.3. The van der Waals surface area contributed by atoms with E-state index >= 15 is 0 Å². The molecule has 4 N–H and O–H groups in total. The molecule has 2 heterocycles. The van der Waals surface area contributed by atoms with Crippen molar-refractivity contribution in [3.63, 3.8) is 0 Å². The van der Waals surface area contributed by atoms with Gasteiger partial charge in [0, 0.05) is 0 Å². The third-order valence-corrected chi connectivity index (χ3v) is 9.71. The van der Waals surface area contributed by atoms with Gasteiger partial charge in [-0.3, -0.25) is 0 Å². The maximum atomic E-state index is 10.2. The zero-order valence-electron chi connectivity index (χ0n) is 33.9. The Balaban J connectivity index is 0.000000226. The molecule has 0 aliphatic carbocycles. The van der Waals surface area contributed by atoms with Gasteiger partial charge in [0.05, 0.1) is 52.9 Å². The van der Waals surface area contributed by atoms with Gasteiger partial charge < -0.3 is 58.3 Å². The van der Waals surface area contributed by atoms with Gasteiger partial charge in [0.15, 0.2) is 11.6 Å². The average Bonchev–Trinajstić information content (AvgIpc) is 3.80. The van der Waals surface area contributed by atoms with Gasteiger partial charge in [0.1, 0.15) is 48.8 Å². The van der Waals surface area contributed by atoms with Crippen LogP contribution in [0.3, 0.4) is 0 Å². The molecule has 4 aromatic carbocycles. The molecule has 2 saturated heterocycles. The Morgan fingerprint density at radius 2 is 0.759 bits per heavy atom. The monoisotopic (exact) mass is 804 g/mol. The summed E-state index contributed by atoms with van der Waals surface area (Å²) in [5, 5.41) is 39.0. The van der Waals surface area contributed by atoms with Gasteiger partial charge >= 0.3 is 0 Å². The number of hydrogen-bond acceptors (Lipinski definition) is 12. The summed E-state index contributed by atoms with van der Waals surface area (Å²) in [4.78, 5) is 0. The quantitative estimate of drug-likeness (QED) is 0.0914. The Bertz CT molecular complexity index is 1570. The fraction of sp³-hybridized carbons (Fsp3) is 0.478. The number of benzene rings is 4. The van der Waals surface area contributed by atoms with Gasteiger partial charge in [-0.05, 0) is 49.9 Å². The normalized spacial score (nSPS) is 21.6. The maximum Gasteiger partial charge on any atom is 0.163 e. The minimum atomic E-state index is -1.26. The second-order valence-electron chi connectivity index (χ2n) is 15.3. The summed E-state index contributed by atoms with van der Waals surface area (Å²) in [6.07, 6.45) is -5.92. The summed E-state index contributed by atoms with van der Waals surface area (Å²) in [5.41, 5.74) is 3.92. The van der Waals surface area contributed by atoms with Crippen LogP contribution in [0, 0.1) is 0 Å². The lowest BCUT2D eigenvalue weighted by Gasteiger charge is -2.34. The van der Waals surface area contributed by atoms with Crippen molar-refractivity contribution in [2.75, 3.05) is 26.4 Å². The van der Waals surface area contributed by atoms with Crippen LogP contribution in [-0.4, -0.2) is 107 Å². The highest BCUT2D eigenvalue weighted by atomic mass is 16.8. The minimum absolute atomic E-state index is 0.173. The molecule has 12 nitrogen and oxygen atoms in total. The first kappa shape index (κ1) is 45.5. The van der Waals surface area contributed by atoms with Crippen LogP contribution in [0.5, 0.6) is 0 Å². The first-order chi connectivity index (χ1) is 28.0. The molecular formula is C46H60O12. The lowest BCUT2D eigenvalue weighted by Crippen LogP contribution is -2.50. The largest absolute Gasteiger partial charge is 0.394 e. The fourth-order valence-corrected chi connectivity index (χ4v) is 6.71. The molecular weight excluding hydrogens is 744 g/mol. The van der Waals surface area contributed by atoms with Gasteiger partial charge in [0.25, 0.3) is 0 Å². The van der Waals surface area contributed by atoms with Crippen molar-refractivity contribution in [2.24, 2.45) is 0 Å². The highest BCUT2D eigenvalue weighted by Gasteiger charge is 2.48. The first-order valence-electron chi connectivity index (χ1n) is 19.8. The lowest BCUT2D eigenvalue weighted by molar-refractivity contribution is -0.208. The number of ether oxygens (including phenoxy) is 8. The smallest absolute Gasteiger partial charge is 0.163 e. The van der Waals surface area contributed by atoms with Gasteiger partial charge in [-0.15, -0.1) is 0 Å². The van der Waals surface area contributed by atoms with Gasteiger partial charge in [0.2, 0.25) is 0 Å². The van der Waals surface area contributed by atoms with Crippen molar-refractivity contribution in [3.05, 3.63) is 144 Å². The van der Waals surface area contributed by atoms with Crippen LogP contribution in [-0.2, 0) is 64.3 Å². The molecule has 0 saturated carbocycles. The van der Waals surface area contributed by atoms with E-state index in [1.54, 1.807) is 0 Å².